The van der Waals surface area contributed by atoms with Crippen LogP contribution in [0.25, 0.3) is 0 Å². The van der Waals surface area contributed by atoms with Gasteiger partial charge in [0.15, 0.2) is 5.82 Å². The standard InChI is InChI=1S/C17H20F2N4/c1-23(2)11-3-10-20-14-5-7-15(8-6-14)21-22-17-12-13(18)4-9-16(17)19/h4-9,12,20H,3,10-11H2,1-2H3. The molecule has 0 unspecified atom stereocenters. The molecule has 0 aromatic heterocycles. The summed E-state index contributed by atoms with van der Waals surface area (Å²) in [4.78, 5) is 2.14. The molecule has 0 saturated heterocycles. The van der Waals surface area contributed by atoms with Crippen LogP contribution >= 0.6 is 0 Å². The summed E-state index contributed by atoms with van der Waals surface area (Å²) in [5.41, 5.74) is 1.45. The largest absolute Gasteiger partial charge is 0.385 e. The van der Waals surface area contributed by atoms with Crippen molar-refractivity contribution in [2.45, 2.75) is 6.42 Å². The molecule has 122 valence electrons. The van der Waals surface area contributed by atoms with Crippen molar-refractivity contribution >= 4 is 17.1 Å². The number of anilines is 1. The first-order chi connectivity index (χ1) is 11.0. The molecule has 23 heavy (non-hydrogen) atoms. The maximum Gasteiger partial charge on any atom is 0.150 e. The molecule has 1 N–H and O–H groups in total. The Kier molecular flexibility index (Phi) is 6.17. The van der Waals surface area contributed by atoms with E-state index in [-0.39, 0.29) is 5.69 Å². The monoisotopic (exact) mass is 318 g/mol. The van der Waals surface area contributed by atoms with Crippen LogP contribution < -0.4 is 5.32 Å². The normalized spacial score (nSPS) is 11.3. The molecule has 4 nitrogen and oxygen atoms in total. The topological polar surface area (TPSA) is 40.0 Å². The number of rotatable bonds is 7. The van der Waals surface area contributed by atoms with E-state index >= 15 is 0 Å². The van der Waals surface area contributed by atoms with Gasteiger partial charge in [-0.1, -0.05) is 0 Å². The van der Waals surface area contributed by atoms with Gasteiger partial charge in [0, 0.05) is 18.3 Å². The zero-order valence-corrected chi connectivity index (χ0v) is 13.3. The number of hydrogen-bond donors (Lipinski definition) is 1. The number of nitrogens with zero attached hydrogens (tertiary/aromatic N) is 3. The maximum atomic E-state index is 13.4. The van der Waals surface area contributed by atoms with Gasteiger partial charge < -0.3 is 10.2 Å². The van der Waals surface area contributed by atoms with Crippen molar-refractivity contribution in [1.29, 1.82) is 0 Å². The van der Waals surface area contributed by atoms with Gasteiger partial charge in [0.2, 0.25) is 0 Å². The Morgan fingerprint density at radius 2 is 1.74 bits per heavy atom. The second-order valence-electron chi connectivity index (χ2n) is 5.43. The molecule has 0 aliphatic rings. The first-order valence-corrected chi connectivity index (χ1v) is 7.40. The molecule has 0 bridgehead atoms. The molecular weight excluding hydrogens is 298 g/mol. The highest BCUT2D eigenvalue weighted by Crippen LogP contribution is 2.23. The average molecular weight is 318 g/mol. The summed E-state index contributed by atoms with van der Waals surface area (Å²) in [6.45, 7) is 1.91. The van der Waals surface area contributed by atoms with Crippen LogP contribution in [0.4, 0.5) is 25.8 Å². The van der Waals surface area contributed by atoms with Crippen molar-refractivity contribution in [2.75, 3.05) is 32.5 Å². The molecule has 0 aliphatic carbocycles. The zero-order valence-electron chi connectivity index (χ0n) is 13.3. The van der Waals surface area contributed by atoms with Crippen LogP contribution in [0, 0.1) is 11.6 Å². The lowest BCUT2D eigenvalue weighted by molar-refractivity contribution is 0.405. The van der Waals surface area contributed by atoms with Crippen molar-refractivity contribution in [3.8, 4) is 0 Å². The van der Waals surface area contributed by atoms with E-state index in [2.05, 4.69) is 20.4 Å². The fourth-order valence-corrected chi connectivity index (χ4v) is 1.95. The third-order valence-corrected chi connectivity index (χ3v) is 3.16. The fourth-order valence-electron chi connectivity index (χ4n) is 1.95. The van der Waals surface area contributed by atoms with Gasteiger partial charge >= 0.3 is 0 Å². The van der Waals surface area contributed by atoms with Gasteiger partial charge in [-0.2, -0.15) is 5.11 Å². The molecule has 0 atom stereocenters. The van der Waals surface area contributed by atoms with Gasteiger partial charge in [-0.15, -0.1) is 5.11 Å². The number of hydrogen-bond acceptors (Lipinski definition) is 4. The molecule has 0 aliphatic heterocycles. The third kappa shape index (κ3) is 5.75. The van der Waals surface area contributed by atoms with E-state index in [1.54, 1.807) is 12.1 Å². The van der Waals surface area contributed by atoms with Crippen LogP contribution in [0.15, 0.2) is 52.7 Å². The molecule has 2 aromatic carbocycles. The Bertz CT molecular complexity index is 654. The van der Waals surface area contributed by atoms with Crippen molar-refractivity contribution in [3.05, 3.63) is 54.1 Å². The molecule has 2 rings (SSSR count). The zero-order chi connectivity index (χ0) is 16.7. The molecule has 0 saturated carbocycles. The van der Waals surface area contributed by atoms with E-state index in [1.807, 2.05) is 26.2 Å². The summed E-state index contributed by atoms with van der Waals surface area (Å²) in [5.74, 6) is -1.15. The Hall–Kier alpha value is -2.34. The Morgan fingerprint density at radius 3 is 2.43 bits per heavy atom. The first-order valence-electron chi connectivity index (χ1n) is 7.40. The van der Waals surface area contributed by atoms with Gasteiger partial charge in [0.05, 0.1) is 5.69 Å². The quantitative estimate of drug-likeness (QED) is 0.591. The van der Waals surface area contributed by atoms with Gasteiger partial charge in [0.1, 0.15) is 11.5 Å². The summed E-state index contributed by atoms with van der Waals surface area (Å²) < 4.78 is 26.5. The van der Waals surface area contributed by atoms with E-state index in [1.165, 1.54) is 0 Å². The van der Waals surface area contributed by atoms with Crippen LogP contribution in [0.5, 0.6) is 0 Å². The minimum Gasteiger partial charge on any atom is -0.385 e. The number of benzene rings is 2. The van der Waals surface area contributed by atoms with E-state index in [0.29, 0.717) is 5.69 Å². The molecule has 0 spiro atoms. The molecule has 6 heteroatoms. The van der Waals surface area contributed by atoms with E-state index in [4.69, 9.17) is 0 Å². The highest BCUT2D eigenvalue weighted by Gasteiger charge is 2.02. The minimum absolute atomic E-state index is 0.115. The number of azo groups is 1. The summed E-state index contributed by atoms with van der Waals surface area (Å²) in [6, 6.07) is 10.4. The number of nitrogens with one attached hydrogen (secondary N) is 1. The van der Waals surface area contributed by atoms with Crippen LogP contribution in [-0.4, -0.2) is 32.1 Å². The average Bonchev–Trinajstić information content (AvgIpc) is 2.53. The van der Waals surface area contributed by atoms with Crippen LogP contribution in [-0.2, 0) is 0 Å². The molecule has 0 fully saturated rings. The highest BCUT2D eigenvalue weighted by atomic mass is 19.1. The molecule has 2 aromatic rings. The van der Waals surface area contributed by atoms with Crippen LogP contribution in [0.1, 0.15) is 6.42 Å². The van der Waals surface area contributed by atoms with Gasteiger partial charge in [-0.3, -0.25) is 0 Å². The van der Waals surface area contributed by atoms with E-state index < -0.39 is 11.6 Å². The Morgan fingerprint density at radius 1 is 1.00 bits per heavy atom. The van der Waals surface area contributed by atoms with Gasteiger partial charge in [0.25, 0.3) is 0 Å². The second kappa shape index (κ2) is 8.33. The van der Waals surface area contributed by atoms with Crippen molar-refractivity contribution in [1.82, 2.24) is 4.90 Å². The summed E-state index contributed by atoms with van der Waals surface area (Å²) in [7, 11) is 4.09. The minimum atomic E-state index is -0.602. The lowest BCUT2D eigenvalue weighted by Gasteiger charge is -2.10. The smallest absolute Gasteiger partial charge is 0.150 e. The van der Waals surface area contributed by atoms with Crippen molar-refractivity contribution in [2.24, 2.45) is 10.2 Å². The summed E-state index contributed by atoms with van der Waals surface area (Å²) >= 11 is 0. The molecule has 0 radical (unpaired) electrons. The van der Waals surface area contributed by atoms with E-state index in [0.717, 1.165) is 43.4 Å². The lowest BCUT2D eigenvalue weighted by atomic mass is 10.3. The Labute approximate surface area is 134 Å². The molecule has 0 amide bonds. The van der Waals surface area contributed by atoms with Gasteiger partial charge in [-0.25, -0.2) is 8.78 Å². The van der Waals surface area contributed by atoms with Crippen LogP contribution in [0.2, 0.25) is 0 Å². The summed E-state index contributed by atoms with van der Waals surface area (Å²) in [5, 5.41) is 11.0. The van der Waals surface area contributed by atoms with Crippen LogP contribution in [0.3, 0.4) is 0 Å². The predicted octanol–water partition coefficient (Wildman–Crippen LogP) is 4.74. The second-order valence-corrected chi connectivity index (χ2v) is 5.43. The predicted molar refractivity (Wildman–Crippen MR) is 88.6 cm³/mol. The van der Waals surface area contributed by atoms with Gasteiger partial charge in [-0.05, 0) is 63.5 Å². The SMILES string of the molecule is CN(C)CCCNc1ccc(N=Nc2cc(F)ccc2F)cc1. The lowest BCUT2D eigenvalue weighted by Crippen LogP contribution is -2.16. The first kappa shape index (κ1) is 17.0. The number of halogens is 2. The molecule has 0 heterocycles. The fraction of sp³-hybridized carbons (Fsp3) is 0.294. The summed E-state index contributed by atoms with van der Waals surface area (Å²) in [6.07, 6.45) is 1.05. The van der Waals surface area contributed by atoms with Crippen molar-refractivity contribution in [3.63, 3.8) is 0 Å². The molecular formula is C17H20F2N4. The van der Waals surface area contributed by atoms with E-state index in [9.17, 15) is 8.78 Å². The Balaban J connectivity index is 1.92. The maximum absolute atomic E-state index is 13.4. The third-order valence-electron chi connectivity index (χ3n) is 3.16. The highest BCUT2D eigenvalue weighted by molar-refractivity contribution is 5.51. The van der Waals surface area contributed by atoms with Crippen molar-refractivity contribution < 1.29 is 8.78 Å².